The number of amides is 1. The first-order valence-corrected chi connectivity index (χ1v) is 8.09. The van der Waals surface area contributed by atoms with E-state index < -0.39 is 0 Å². The number of rotatable bonds is 3. The van der Waals surface area contributed by atoms with Crippen molar-refractivity contribution in [3.05, 3.63) is 29.3 Å². The fraction of sp³-hybridized carbons (Fsp3) is 0.562. The molecule has 0 aromatic heterocycles. The highest BCUT2D eigenvalue weighted by Gasteiger charge is 2.25. The summed E-state index contributed by atoms with van der Waals surface area (Å²) in [7, 11) is 0. The predicted molar refractivity (Wildman–Crippen MR) is 85.8 cm³/mol. The van der Waals surface area contributed by atoms with Crippen LogP contribution in [-0.2, 0) is 4.79 Å². The van der Waals surface area contributed by atoms with E-state index in [4.69, 9.17) is 11.6 Å². The maximum Gasteiger partial charge on any atom is 0.223 e. The maximum absolute atomic E-state index is 12.3. The number of piperazine rings is 1. The molecule has 1 atom stereocenters. The molecule has 0 bridgehead atoms. The fourth-order valence-corrected chi connectivity index (χ4v) is 3.34. The van der Waals surface area contributed by atoms with E-state index in [1.54, 1.807) is 0 Å². The van der Waals surface area contributed by atoms with Crippen molar-refractivity contribution >= 4 is 23.2 Å². The Labute approximate surface area is 131 Å². The van der Waals surface area contributed by atoms with Gasteiger partial charge in [0.15, 0.2) is 0 Å². The highest BCUT2D eigenvalue weighted by molar-refractivity contribution is 6.30. The minimum Gasteiger partial charge on any atom is -0.368 e. The van der Waals surface area contributed by atoms with Crippen LogP contribution in [0, 0.1) is 5.92 Å². The van der Waals surface area contributed by atoms with Gasteiger partial charge in [-0.25, -0.2) is 0 Å². The minimum atomic E-state index is 0.314. The summed E-state index contributed by atoms with van der Waals surface area (Å²) in [6.07, 6.45) is 1.83. The van der Waals surface area contributed by atoms with Crippen molar-refractivity contribution in [1.82, 2.24) is 10.2 Å². The number of anilines is 1. The van der Waals surface area contributed by atoms with Crippen LogP contribution in [0.3, 0.4) is 0 Å². The zero-order valence-corrected chi connectivity index (χ0v) is 13.0. The number of carbonyl (C=O) groups excluding carboxylic acids is 1. The number of nitrogens with one attached hydrogen (secondary N) is 1. The molecule has 4 nitrogen and oxygen atoms in total. The number of nitrogens with zero attached hydrogens (tertiary/aromatic N) is 2. The number of halogens is 1. The van der Waals surface area contributed by atoms with Crippen molar-refractivity contribution in [2.45, 2.75) is 12.8 Å². The van der Waals surface area contributed by atoms with Crippen LogP contribution in [0.25, 0.3) is 0 Å². The second kappa shape index (κ2) is 6.67. The highest BCUT2D eigenvalue weighted by Crippen LogP contribution is 2.21. The molecule has 2 aliphatic heterocycles. The van der Waals surface area contributed by atoms with Gasteiger partial charge in [0.2, 0.25) is 5.91 Å². The normalized spacial score (nSPS) is 22.6. The summed E-state index contributed by atoms with van der Waals surface area (Å²) in [5.74, 6) is 0.845. The lowest BCUT2D eigenvalue weighted by molar-refractivity contribution is -0.132. The Morgan fingerprint density at radius 2 is 2.10 bits per heavy atom. The molecule has 0 spiro atoms. The van der Waals surface area contributed by atoms with Crippen molar-refractivity contribution in [2.24, 2.45) is 5.92 Å². The van der Waals surface area contributed by atoms with Gasteiger partial charge in [0.1, 0.15) is 0 Å². The zero-order chi connectivity index (χ0) is 14.7. The average molecular weight is 308 g/mol. The molecule has 0 aliphatic carbocycles. The van der Waals surface area contributed by atoms with Crippen molar-refractivity contribution in [2.75, 3.05) is 44.2 Å². The standard InChI is InChI=1S/C16H22ClN3O/c17-14-2-1-3-15(11-14)19-6-8-20(9-7-19)16(21)10-13-4-5-18-12-13/h1-3,11,13,18H,4-10,12H2. The Hall–Kier alpha value is -1.26. The average Bonchev–Trinajstić information content (AvgIpc) is 3.00. The van der Waals surface area contributed by atoms with Crippen LogP contribution in [0.5, 0.6) is 0 Å². The quantitative estimate of drug-likeness (QED) is 0.927. The third-order valence-electron chi connectivity index (χ3n) is 4.43. The van der Waals surface area contributed by atoms with E-state index in [-0.39, 0.29) is 0 Å². The van der Waals surface area contributed by atoms with Gasteiger partial charge in [-0.05, 0) is 43.6 Å². The molecule has 2 aliphatic rings. The van der Waals surface area contributed by atoms with E-state index in [0.29, 0.717) is 18.2 Å². The summed E-state index contributed by atoms with van der Waals surface area (Å²) < 4.78 is 0. The summed E-state index contributed by atoms with van der Waals surface area (Å²) >= 11 is 6.04. The van der Waals surface area contributed by atoms with E-state index in [1.165, 1.54) is 0 Å². The van der Waals surface area contributed by atoms with Crippen LogP contribution in [-0.4, -0.2) is 50.1 Å². The molecule has 1 N–H and O–H groups in total. The van der Waals surface area contributed by atoms with Crippen molar-refractivity contribution in [3.63, 3.8) is 0 Å². The predicted octanol–water partition coefficient (Wildman–Crippen LogP) is 1.99. The van der Waals surface area contributed by atoms with Gasteiger partial charge >= 0.3 is 0 Å². The van der Waals surface area contributed by atoms with Gasteiger partial charge in [0.05, 0.1) is 0 Å². The molecule has 5 heteroatoms. The topological polar surface area (TPSA) is 35.6 Å². The maximum atomic E-state index is 12.3. The molecule has 0 saturated carbocycles. The Morgan fingerprint density at radius 3 is 2.76 bits per heavy atom. The monoisotopic (exact) mass is 307 g/mol. The van der Waals surface area contributed by atoms with E-state index in [2.05, 4.69) is 16.3 Å². The Kier molecular flexibility index (Phi) is 4.66. The van der Waals surface area contributed by atoms with Gasteiger partial charge in [-0.1, -0.05) is 17.7 Å². The Bertz CT molecular complexity index is 494. The zero-order valence-electron chi connectivity index (χ0n) is 12.2. The van der Waals surface area contributed by atoms with Crippen LogP contribution in [0.15, 0.2) is 24.3 Å². The lowest BCUT2D eigenvalue weighted by Crippen LogP contribution is -2.49. The van der Waals surface area contributed by atoms with E-state index >= 15 is 0 Å². The molecule has 2 saturated heterocycles. The molecule has 0 radical (unpaired) electrons. The lowest BCUT2D eigenvalue weighted by atomic mass is 10.0. The number of hydrogen-bond donors (Lipinski definition) is 1. The summed E-state index contributed by atoms with van der Waals surface area (Å²) in [6, 6.07) is 7.93. The highest BCUT2D eigenvalue weighted by atomic mass is 35.5. The Balaban J connectivity index is 1.51. The minimum absolute atomic E-state index is 0.314. The van der Waals surface area contributed by atoms with Gasteiger partial charge in [-0.3, -0.25) is 4.79 Å². The fourth-order valence-electron chi connectivity index (χ4n) is 3.15. The molecule has 1 amide bonds. The summed E-state index contributed by atoms with van der Waals surface area (Å²) in [4.78, 5) is 16.6. The van der Waals surface area contributed by atoms with E-state index in [1.807, 2.05) is 23.1 Å². The largest absolute Gasteiger partial charge is 0.368 e. The van der Waals surface area contributed by atoms with E-state index in [0.717, 1.165) is 56.4 Å². The van der Waals surface area contributed by atoms with Crippen LogP contribution < -0.4 is 10.2 Å². The SMILES string of the molecule is O=C(CC1CCNC1)N1CCN(c2cccc(Cl)c2)CC1. The molecule has 114 valence electrons. The molecule has 1 aromatic carbocycles. The van der Waals surface area contributed by atoms with Gasteiger partial charge in [0.25, 0.3) is 0 Å². The van der Waals surface area contributed by atoms with Gasteiger partial charge < -0.3 is 15.1 Å². The second-order valence-corrected chi connectivity index (χ2v) is 6.35. The second-order valence-electron chi connectivity index (χ2n) is 5.91. The Morgan fingerprint density at radius 1 is 1.29 bits per heavy atom. The summed E-state index contributed by atoms with van der Waals surface area (Å²) in [5.41, 5.74) is 1.15. The molecule has 3 rings (SSSR count). The molecule has 2 heterocycles. The molecular weight excluding hydrogens is 286 g/mol. The van der Waals surface area contributed by atoms with Crippen LogP contribution in [0.2, 0.25) is 5.02 Å². The van der Waals surface area contributed by atoms with E-state index in [9.17, 15) is 4.79 Å². The van der Waals surface area contributed by atoms with Gasteiger partial charge in [-0.15, -0.1) is 0 Å². The smallest absolute Gasteiger partial charge is 0.223 e. The van der Waals surface area contributed by atoms with Crippen molar-refractivity contribution < 1.29 is 4.79 Å². The van der Waals surface area contributed by atoms with Crippen molar-refractivity contribution in [1.29, 1.82) is 0 Å². The molecular formula is C16H22ClN3O. The molecule has 1 unspecified atom stereocenters. The van der Waals surface area contributed by atoms with Crippen LogP contribution in [0.1, 0.15) is 12.8 Å². The summed E-state index contributed by atoms with van der Waals surface area (Å²) in [5, 5.41) is 4.09. The first-order valence-electron chi connectivity index (χ1n) is 7.71. The number of carbonyl (C=O) groups is 1. The molecule has 1 aromatic rings. The van der Waals surface area contributed by atoms with Gasteiger partial charge in [-0.2, -0.15) is 0 Å². The van der Waals surface area contributed by atoms with Crippen molar-refractivity contribution in [3.8, 4) is 0 Å². The number of benzene rings is 1. The third-order valence-corrected chi connectivity index (χ3v) is 4.67. The number of hydrogen-bond acceptors (Lipinski definition) is 3. The van der Waals surface area contributed by atoms with Crippen LogP contribution >= 0.6 is 11.6 Å². The summed E-state index contributed by atoms with van der Waals surface area (Å²) in [6.45, 7) is 5.44. The first-order chi connectivity index (χ1) is 10.2. The van der Waals surface area contributed by atoms with Gasteiger partial charge in [0, 0.05) is 43.3 Å². The molecule has 2 fully saturated rings. The third kappa shape index (κ3) is 3.69. The van der Waals surface area contributed by atoms with Crippen LogP contribution in [0.4, 0.5) is 5.69 Å². The first kappa shape index (κ1) is 14.7. The lowest BCUT2D eigenvalue weighted by Gasteiger charge is -2.36. The molecule has 21 heavy (non-hydrogen) atoms.